The maximum Gasteiger partial charge on any atom is 0.254 e. The summed E-state index contributed by atoms with van der Waals surface area (Å²) in [6, 6.07) is 12.5. The smallest absolute Gasteiger partial charge is 0.254 e. The van der Waals surface area contributed by atoms with E-state index in [1.807, 2.05) is 37.2 Å². The summed E-state index contributed by atoms with van der Waals surface area (Å²) in [5, 5.41) is 22.9. The fourth-order valence-electron chi connectivity index (χ4n) is 2.69. The van der Waals surface area contributed by atoms with Crippen LogP contribution in [-0.4, -0.2) is 73.0 Å². The molecule has 29 heavy (non-hydrogen) atoms. The van der Waals surface area contributed by atoms with Crippen LogP contribution in [0.4, 0.5) is 0 Å². The Bertz CT molecular complexity index is 841. The Morgan fingerprint density at radius 1 is 1.14 bits per heavy atom. The Hall–Kier alpha value is -3.10. The third-order valence-electron chi connectivity index (χ3n) is 4.30. The number of amides is 1. The predicted octanol–water partition coefficient (Wildman–Crippen LogP) is 1.62. The summed E-state index contributed by atoms with van der Waals surface area (Å²) >= 11 is 0. The third kappa shape index (κ3) is 7.44. The van der Waals surface area contributed by atoms with E-state index in [0.717, 1.165) is 24.4 Å². The second kappa shape index (κ2) is 11.0. The highest BCUT2D eigenvalue weighted by Crippen LogP contribution is 2.26. The lowest BCUT2D eigenvalue weighted by atomic mass is 10.2. The van der Waals surface area contributed by atoms with Crippen molar-refractivity contribution < 1.29 is 19.7 Å². The lowest BCUT2D eigenvalue weighted by molar-refractivity contribution is -0.121. The van der Waals surface area contributed by atoms with Gasteiger partial charge in [-0.15, -0.1) is 0 Å². The van der Waals surface area contributed by atoms with Gasteiger partial charge in [-0.3, -0.25) is 9.69 Å². The number of carbonyl (C=O) groups is 1. The molecule has 0 aliphatic carbocycles. The van der Waals surface area contributed by atoms with Crippen LogP contribution in [-0.2, 0) is 11.3 Å². The minimum Gasteiger partial charge on any atom is -0.504 e. The zero-order chi connectivity index (χ0) is 21.2. The van der Waals surface area contributed by atoms with Gasteiger partial charge in [0.2, 0.25) is 0 Å². The highest BCUT2D eigenvalue weighted by molar-refractivity contribution is 5.86. The molecule has 0 unspecified atom stereocenters. The molecule has 0 atom stereocenters. The molecular formula is C21H28N4O4. The number of rotatable bonds is 10. The predicted molar refractivity (Wildman–Crippen MR) is 112 cm³/mol. The van der Waals surface area contributed by atoms with Crippen molar-refractivity contribution in [2.75, 3.05) is 40.8 Å². The second-order valence-electron chi connectivity index (χ2n) is 6.84. The monoisotopic (exact) mass is 400 g/mol. The van der Waals surface area contributed by atoms with E-state index in [-0.39, 0.29) is 24.0 Å². The SMILES string of the molecule is COc1cccc(CN(C)CCN(C)CC(=O)N/N=C/c2cccc(O)c2O)c1. The highest BCUT2D eigenvalue weighted by atomic mass is 16.5. The molecule has 2 aromatic carbocycles. The van der Waals surface area contributed by atoms with Gasteiger partial charge >= 0.3 is 0 Å². The summed E-state index contributed by atoms with van der Waals surface area (Å²) in [6.45, 7) is 2.48. The van der Waals surface area contributed by atoms with Gasteiger partial charge in [0.05, 0.1) is 19.9 Å². The molecule has 2 aromatic rings. The fourth-order valence-corrected chi connectivity index (χ4v) is 2.69. The first-order chi connectivity index (χ1) is 13.9. The average Bonchev–Trinajstić information content (AvgIpc) is 2.69. The summed E-state index contributed by atoms with van der Waals surface area (Å²) in [6.07, 6.45) is 1.29. The first kappa shape index (κ1) is 22.2. The summed E-state index contributed by atoms with van der Waals surface area (Å²) in [4.78, 5) is 16.1. The Morgan fingerprint density at radius 2 is 1.86 bits per heavy atom. The lowest BCUT2D eigenvalue weighted by Crippen LogP contribution is -2.37. The molecule has 0 radical (unpaired) electrons. The molecule has 156 valence electrons. The molecule has 0 bridgehead atoms. The van der Waals surface area contributed by atoms with Gasteiger partial charge < -0.3 is 19.8 Å². The van der Waals surface area contributed by atoms with E-state index < -0.39 is 0 Å². The molecule has 0 aliphatic heterocycles. The normalized spacial score (nSPS) is 11.3. The van der Waals surface area contributed by atoms with Gasteiger partial charge in [0.15, 0.2) is 11.5 Å². The van der Waals surface area contributed by atoms with Crippen molar-refractivity contribution in [3.8, 4) is 17.2 Å². The van der Waals surface area contributed by atoms with E-state index in [9.17, 15) is 15.0 Å². The van der Waals surface area contributed by atoms with Crippen molar-refractivity contribution in [3.63, 3.8) is 0 Å². The number of benzene rings is 2. The Balaban J connectivity index is 1.72. The average molecular weight is 400 g/mol. The first-order valence-corrected chi connectivity index (χ1v) is 9.22. The lowest BCUT2D eigenvalue weighted by Gasteiger charge is -2.21. The van der Waals surface area contributed by atoms with Gasteiger partial charge in [-0.05, 0) is 43.9 Å². The maximum atomic E-state index is 12.0. The zero-order valence-corrected chi connectivity index (χ0v) is 17.0. The number of aromatic hydroxyl groups is 2. The summed E-state index contributed by atoms with van der Waals surface area (Å²) in [5.41, 5.74) is 3.90. The third-order valence-corrected chi connectivity index (χ3v) is 4.30. The number of ether oxygens (including phenoxy) is 1. The van der Waals surface area contributed by atoms with Crippen LogP contribution in [0.25, 0.3) is 0 Å². The van der Waals surface area contributed by atoms with Crippen LogP contribution in [0.5, 0.6) is 17.2 Å². The van der Waals surface area contributed by atoms with Crippen molar-refractivity contribution >= 4 is 12.1 Å². The Kier molecular flexibility index (Phi) is 8.45. The molecule has 8 heteroatoms. The van der Waals surface area contributed by atoms with E-state index in [2.05, 4.69) is 21.5 Å². The number of para-hydroxylation sites is 1. The summed E-state index contributed by atoms with van der Waals surface area (Å²) < 4.78 is 5.24. The molecule has 0 aliphatic rings. The van der Waals surface area contributed by atoms with E-state index in [1.54, 1.807) is 19.2 Å². The van der Waals surface area contributed by atoms with Gasteiger partial charge in [0, 0.05) is 25.2 Å². The van der Waals surface area contributed by atoms with Crippen molar-refractivity contribution in [3.05, 3.63) is 53.6 Å². The highest BCUT2D eigenvalue weighted by Gasteiger charge is 2.08. The molecule has 1 amide bonds. The van der Waals surface area contributed by atoms with Gasteiger partial charge in [0.25, 0.3) is 5.91 Å². The number of hydrogen-bond acceptors (Lipinski definition) is 7. The summed E-state index contributed by atoms with van der Waals surface area (Å²) in [5.74, 6) is 0.0582. The molecule has 0 saturated carbocycles. The van der Waals surface area contributed by atoms with Gasteiger partial charge in [-0.2, -0.15) is 5.10 Å². The number of hydrazone groups is 1. The van der Waals surface area contributed by atoms with Crippen molar-refractivity contribution in [2.45, 2.75) is 6.54 Å². The topological polar surface area (TPSA) is 97.6 Å². The number of phenols is 2. The maximum absolute atomic E-state index is 12.0. The van der Waals surface area contributed by atoms with Crippen LogP contribution in [0.3, 0.4) is 0 Å². The second-order valence-corrected chi connectivity index (χ2v) is 6.84. The fraction of sp³-hybridized carbons (Fsp3) is 0.333. The van der Waals surface area contributed by atoms with Crippen LogP contribution in [0.2, 0.25) is 0 Å². The number of hydrogen-bond donors (Lipinski definition) is 3. The molecule has 0 saturated heterocycles. The number of nitrogens with one attached hydrogen (secondary N) is 1. The summed E-state index contributed by atoms with van der Waals surface area (Å²) in [7, 11) is 5.54. The van der Waals surface area contributed by atoms with E-state index in [0.29, 0.717) is 12.1 Å². The minimum atomic E-state index is -0.276. The van der Waals surface area contributed by atoms with Crippen LogP contribution < -0.4 is 10.2 Å². The standard InChI is InChI=1S/C21H28N4O4/c1-24(14-16-6-4-8-18(12-16)29-3)10-11-25(2)15-20(27)23-22-13-17-7-5-9-19(26)21(17)28/h4-9,12-13,26,28H,10-11,14-15H2,1-3H3,(H,23,27)/b22-13+. The largest absolute Gasteiger partial charge is 0.504 e. The molecule has 3 N–H and O–H groups in total. The van der Waals surface area contributed by atoms with Crippen LogP contribution in [0, 0.1) is 0 Å². The molecule has 2 rings (SSSR count). The zero-order valence-electron chi connectivity index (χ0n) is 17.0. The van der Waals surface area contributed by atoms with Gasteiger partial charge in [0.1, 0.15) is 5.75 Å². The number of carbonyl (C=O) groups excluding carboxylic acids is 1. The number of likely N-dealkylation sites (N-methyl/N-ethyl adjacent to an activating group) is 2. The minimum absolute atomic E-state index is 0.191. The molecule has 8 nitrogen and oxygen atoms in total. The van der Waals surface area contributed by atoms with E-state index in [4.69, 9.17) is 4.74 Å². The van der Waals surface area contributed by atoms with Crippen LogP contribution in [0.15, 0.2) is 47.6 Å². The molecule has 0 fully saturated rings. The van der Waals surface area contributed by atoms with Crippen molar-refractivity contribution in [2.24, 2.45) is 5.10 Å². The molecule has 0 heterocycles. The Labute approximate surface area is 171 Å². The van der Waals surface area contributed by atoms with Gasteiger partial charge in [-0.1, -0.05) is 18.2 Å². The first-order valence-electron chi connectivity index (χ1n) is 9.22. The quantitative estimate of drug-likeness (QED) is 0.319. The number of nitrogens with zero attached hydrogens (tertiary/aromatic N) is 3. The van der Waals surface area contributed by atoms with Crippen molar-refractivity contribution in [1.82, 2.24) is 15.2 Å². The molecular weight excluding hydrogens is 372 g/mol. The van der Waals surface area contributed by atoms with Crippen LogP contribution in [0.1, 0.15) is 11.1 Å². The van der Waals surface area contributed by atoms with Gasteiger partial charge in [-0.25, -0.2) is 5.43 Å². The van der Waals surface area contributed by atoms with E-state index >= 15 is 0 Å². The number of methoxy groups -OCH3 is 1. The van der Waals surface area contributed by atoms with Crippen molar-refractivity contribution in [1.29, 1.82) is 0 Å². The number of phenolic OH excluding ortho intramolecular Hbond substituents is 2. The Morgan fingerprint density at radius 3 is 2.62 bits per heavy atom. The van der Waals surface area contributed by atoms with Crippen LogP contribution >= 0.6 is 0 Å². The van der Waals surface area contributed by atoms with E-state index in [1.165, 1.54) is 12.3 Å². The molecule has 0 spiro atoms. The molecule has 0 aromatic heterocycles.